The summed E-state index contributed by atoms with van der Waals surface area (Å²) in [7, 11) is 0. The van der Waals surface area contributed by atoms with Gasteiger partial charge >= 0.3 is 0 Å². The summed E-state index contributed by atoms with van der Waals surface area (Å²) in [5.74, 6) is 1.24. The Labute approximate surface area is 167 Å². The van der Waals surface area contributed by atoms with Gasteiger partial charge in [0.05, 0.1) is 23.1 Å². The highest BCUT2D eigenvalue weighted by Gasteiger charge is 2.22. The molecule has 0 spiro atoms. The second kappa shape index (κ2) is 7.71. The quantitative estimate of drug-likeness (QED) is 0.584. The van der Waals surface area contributed by atoms with Crippen LogP contribution in [0.5, 0.6) is 0 Å². The van der Waals surface area contributed by atoms with Crippen LogP contribution in [-0.4, -0.2) is 26.8 Å². The van der Waals surface area contributed by atoms with Gasteiger partial charge in [0.15, 0.2) is 5.13 Å². The average molecular weight is 398 g/mol. The van der Waals surface area contributed by atoms with Crippen molar-refractivity contribution in [3.05, 3.63) is 35.1 Å². The van der Waals surface area contributed by atoms with E-state index >= 15 is 0 Å². The summed E-state index contributed by atoms with van der Waals surface area (Å²) in [5, 5.41) is 7.97. The van der Waals surface area contributed by atoms with Crippen molar-refractivity contribution in [2.45, 2.75) is 45.4 Å². The normalized spacial score (nSPS) is 14.2. The minimum Gasteiger partial charge on any atom is -0.342 e. The van der Waals surface area contributed by atoms with Gasteiger partial charge in [0, 0.05) is 22.9 Å². The van der Waals surface area contributed by atoms with E-state index < -0.39 is 0 Å². The van der Waals surface area contributed by atoms with Crippen LogP contribution in [0.3, 0.4) is 0 Å². The van der Waals surface area contributed by atoms with E-state index in [0.29, 0.717) is 16.7 Å². The van der Waals surface area contributed by atoms with Crippen molar-refractivity contribution in [1.82, 2.24) is 15.0 Å². The molecule has 0 aliphatic heterocycles. The van der Waals surface area contributed by atoms with Crippen LogP contribution in [0, 0.1) is 5.92 Å². The summed E-state index contributed by atoms with van der Waals surface area (Å²) < 4.78 is 0. The minimum atomic E-state index is -0.148. The van der Waals surface area contributed by atoms with Crippen molar-refractivity contribution < 1.29 is 9.59 Å². The van der Waals surface area contributed by atoms with E-state index in [1.807, 2.05) is 32.0 Å². The molecule has 8 heteroatoms. The number of H-pyrrole nitrogens is 1. The number of rotatable bonds is 6. The molecule has 3 aromatic rings. The molecule has 4 rings (SSSR count). The molecular weight excluding hydrogens is 374 g/mol. The molecule has 7 nitrogen and oxygen atoms in total. The Morgan fingerprint density at radius 1 is 1.25 bits per heavy atom. The first kappa shape index (κ1) is 18.6. The first-order chi connectivity index (χ1) is 13.5. The van der Waals surface area contributed by atoms with Crippen LogP contribution in [0.4, 0.5) is 10.8 Å². The summed E-state index contributed by atoms with van der Waals surface area (Å²) in [6.45, 7) is 3.64. The SMILES string of the molecule is CC(C)C(=O)Nc1nc(CC(=O)Nc2ccc3nc(C4CCC4)[nH]c3c2)cs1. The van der Waals surface area contributed by atoms with E-state index in [0.717, 1.165) is 22.5 Å². The van der Waals surface area contributed by atoms with Crippen molar-refractivity contribution in [2.75, 3.05) is 10.6 Å². The first-order valence-corrected chi connectivity index (χ1v) is 10.4. The van der Waals surface area contributed by atoms with Crippen LogP contribution in [0.1, 0.15) is 50.5 Å². The molecule has 2 heterocycles. The molecule has 2 aromatic heterocycles. The standard InChI is InChI=1S/C20H23N5O2S/c1-11(2)19(27)25-20-22-14(10-28-20)9-17(26)21-13-6-7-15-16(8-13)24-18(23-15)12-4-3-5-12/h6-8,10-12H,3-5,9H2,1-2H3,(H,21,26)(H,23,24)(H,22,25,27). The lowest BCUT2D eigenvalue weighted by Gasteiger charge is -2.22. The Morgan fingerprint density at radius 2 is 2.07 bits per heavy atom. The van der Waals surface area contributed by atoms with Crippen molar-refractivity contribution in [1.29, 1.82) is 0 Å². The van der Waals surface area contributed by atoms with E-state index in [9.17, 15) is 9.59 Å². The van der Waals surface area contributed by atoms with Crippen molar-refractivity contribution >= 4 is 45.0 Å². The number of nitrogens with zero attached hydrogens (tertiary/aromatic N) is 2. The van der Waals surface area contributed by atoms with E-state index in [4.69, 9.17) is 0 Å². The number of hydrogen-bond acceptors (Lipinski definition) is 5. The molecule has 1 saturated carbocycles. The maximum Gasteiger partial charge on any atom is 0.230 e. The summed E-state index contributed by atoms with van der Waals surface area (Å²) in [5.41, 5.74) is 3.22. The smallest absolute Gasteiger partial charge is 0.230 e. The van der Waals surface area contributed by atoms with Gasteiger partial charge in [-0.25, -0.2) is 9.97 Å². The predicted octanol–water partition coefficient (Wildman–Crippen LogP) is 4.06. The Morgan fingerprint density at radius 3 is 2.79 bits per heavy atom. The zero-order valence-electron chi connectivity index (χ0n) is 15.9. The summed E-state index contributed by atoms with van der Waals surface area (Å²) >= 11 is 1.32. The fourth-order valence-electron chi connectivity index (χ4n) is 3.05. The zero-order chi connectivity index (χ0) is 19.7. The third-order valence-electron chi connectivity index (χ3n) is 4.92. The lowest BCUT2D eigenvalue weighted by atomic mass is 9.85. The number of anilines is 2. The molecule has 1 aliphatic rings. The molecule has 1 aromatic carbocycles. The first-order valence-electron chi connectivity index (χ1n) is 9.52. The van der Waals surface area contributed by atoms with Crippen LogP contribution < -0.4 is 10.6 Å². The number of aromatic amines is 1. The van der Waals surface area contributed by atoms with E-state index in [-0.39, 0.29) is 24.2 Å². The number of fused-ring (bicyclic) bond motifs is 1. The number of aromatic nitrogens is 3. The summed E-state index contributed by atoms with van der Waals surface area (Å²) in [4.78, 5) is 36.4. The molecule has 28 heavy (non-hydrogen) atoms. The Kier molecular flexibility index (Phi) is 5.13. The molecule has 1 aliphatic carbocycles. The second-order valence-electron chi connectivity index (χ2n) is 7.49. The van der Waals surface area contributed by atoms with Gasteiger partial charge in [0.2, 0.25) is 11.8 Å². The molecule has 2 amide bonds. The highest BCUT2D eigenvalue weighted by atomic mass is 32.1. The van der Waals surface area contributed by atoms with Crippen LogP contribution in [0.2, 0.25) is 0 Å². The Hall–Kier alpha value is -2.74. The van der Waals surface area contributed by atoms with Gasteiger partial charge in [-0.3, -0.25) is 9.59 Å². The van der Waals surface area contributed by atoms with Gasteiger partial charge in [-0.15, -0.1) is 11.3 Å². The molecule has 0 saturated heterocycles. The number of carbonyl (C=O) groups excluding carboxylic acids is 2. The molecule has 3 N–H and O–H groups in total. The maximum absolute atomic E-state index is 12.4. The molecule has 1 fully saturated rings. The fourth-order valence-corrected chi connectivity index (χ4v) is 3.76. The van der Waals surface area contributed by atoms with Crippen molar-refractivity contribution in [3.63, 3.8) is 0 Å². The molecule has 0 atom stereocenters. The third kappa shape index (κ3) is 4.06. The molecule has 0 bridgehead atoms. The monoisotopic (exact) mass is 397 g/mol. The van der Waals surface area contributed by atoms with Crippen LogP contribution in [0.25, 0.3) is 11.0 Å². The lowest BCUT2D eigenvalue weighted by Crippen LogP contribution is -2.18. The highest BCUT2D eigenvalue weighted by molar-refractivity contribution is 7.13. The van der Waals surface area contributed by atoms with Gasteiger partial charge in [-0.05, 0) is 31.0 Å². The number of nitrogens with one attached hydrogen (secondary N) is 3. The summed E-state index contributed by atoms with van der Waals surface area (Å²) in [6.07, 6.45) is 3.80. The number of imidazole rings is 1. The third-order valence-corrected chi connectivity index (χ3v) is 5.73. The lowest BCUT2D eigenvalue weighted by molar-refractivity contribution is -0.119. The van der Waals surface area contributed by atoms with E-state index in [1.165, 1.54) is 30.6 Å². The predicted molar refractivity (Wildman–Crippen MR) is 111 cm³/mol. The van der Waals surface area contributed by atoms with Gasteiger partial charge in [-0.1, -0.05) is 20.3 Å². The van der Waals surface area contributed by atoms with E-state index in [2.05, 4.69) is 25.6 Å². The zero-order valence-corrected chi connectivity index (χ0v) is 16.7. The molecular formula is C20H23N5O2S. The van der Waals surface area contributed by atoms with Crippen LogP contribution in [0.15, 0.2) is 23.6 Å². The highest BCUT2D eigenvalue weighted by Crippen LogP contribution is 2.35. The molecule has 0 unspecified atom stereocenters. The number of amides is 2. The maximum atomic E-state index is 12.4. The average Bonchev–Trinajstić information content (AvgIpc) is 3.19. The Balaban J connectivity index is 1.38. The summed E-state index contributed by atoms with van der Waals surface area (Å²) in [6, 6.07) is 5.70. The van der Waals surface area contributed by atoms with Crippen molar-refractivity contribution in [3.8, 4) is 0 Å². The molecule has 146 valence electrons. The van der Waals surface area contributed by atoms with Crippen molar-refractivity contribution in [2.24, 2.45) is 5.92 Å². The largest absolute Gasteiger partial charge is 0.342 e. The van der Waals surface area contributed by atoms with E-state index in [1.54, 1.807) is 5.38 Å². The van der Waals surface area contributed by atoms with Crippen LogP contribution in [-0.2, 0) is 16.0 Å². The number of benzene rings is 1. The fraction of sp³-hybridized carbons (Fsp3) is 0.400. The van der Waals surface area contributed by atoms with Gasteiger partial charge < -0.3 is 15.6 Å². The van der Waals surface area contributed by atoms with Crippen LogP contribution >= 0.6 is 11.3 Å². The number of hydrogen-bond donors (Lipinski definition) is 3. The number of thiazole rings is 1. The Bertz CT molecular complexity index is 1020. The van der Waals surface area contributed by atoms with Gasteiger partial charge in [0.25, 0.3) is 0 Å². The minimum absolute atomic E-state index is 0.0838. The van der Waals surface area contributed by atoms with Gasteiger partial charge in [0.1, 0.15) is 5.82 Å². The second-order valence-corrected chi connectivity index (χ2v) is 8.35. The topological polar surface area (TPSA) is 99.8 Å². The molecule has 0 radical (unpaired) electrons. The van der Waals surface area contributed by atoms with Gasteiger partial charge in [-0.2, -0.15) is 0 Å². The number of carbonyl (C=O) groups is 2.